The summed E-state index contributed by atoms with van der Waals surface area (Å²) in [6.45, 7) is 12.4. The van der Waals surface area contributed by atoms with Crippen LogP contribution in [0, 0.1) is 0 Å². The smallest absolute Gasteiger partial charge is 0.0115 e. The summed E-state index contributed by atoms with van der Waals surface area (Å²) < 4.78 is 0. The average Bonchev–Trinajstić information content (AvgIpc) is 2.53. The van der Waals surface area contributed by atoms with E-state index >= 15 is 0 Å². The molecular weight excluding hydrogens is 240 g/mol. The lowest BCUT2D eigenvalue weighted by atomic mass is 9.94. The number of rotatable bonds is 3. The van der Waals surface area contributed by atoms with E-state index < -0.39 is 0 Å². The number of hydrogen-bond acceptors (Lipinski definition) is 0. The van der Waals surface area contributed by atoms with Crippen LogP contribution in [0.5, 0.6) is 0 Å². The van der Waals surface area contributed by atoms with E-state index in [1.807, 2.05) is 18.2 Å². The molecule has 0 spiro atoms. The number of hydrogen-bond donors (Lipinski definition) is 0. The maximum Gasteiger partial charge on any atom is -0.0115 e. The van der Waals surface area contributed by atoms with Crippen molar-refractivity contribution in [1.29, 1.82) is 0 Å². The van der Waals surface area contributed by atoms with Gasteiger partial charge in [0, 0.05) is 0 Å². The van der Waals surface area contributed by atoms with Gasteiger partial charge in [0.25, 0.3) is 0 Å². The molecule has 0 radical (unpaired) electrons. The number of allylic oxidation sites excluding steroid dienone is 1. The van der Waals surface area contributed by atoms with Crippen LogP contribution in [-0.4, -0.2) is 0 Å². The van der Waals surface area contributed by atoms with Crippen LogP contribution in [0.3, 0.4) is 0 Å². The third kappa shape index (κ3) is 2.65. The molecule has 0 saturated carbocycles. The van der Waals surface area contributed by atoms with Gasteiger partial charge in [-0.25, -0.2) is 0 Å². The molecule has 0 amide bonds. The van der Waals surface area contributed by atoms with Gasteiger partial charge in [-0.1, -0.05) is 73.8 Å². The minimum atomic E-state index is 1.05. The van der Waals surface area contributed by atoms with Crippen molar-refractivity contribution in [2.24, 2.45) is 0 Å². The SMILES string of the molecule is C=Cc1ccccc1C(=C)C(C)=c1ccccc1=CC. The average molecular weight is 260 g/mol. The Morgan fingerprint density at radius 1 is 1.00 bits per heavy atom. The lowest BCUT2D eigenvalue weighted by molar-refractivity contribution is 1.46. The molecule has 0 atom stereocenters. The molecule has 0 heterocycles. The van der Waals surface area contributed by atoms with Gasteiger partial charge in [-0.2, -0.15) is 0 Å². The standard InChI is InChI=1S/C20H20/c1-5-17-11-7-9-13-19(17)15(3)16(4)20-14-10-8-12-18(20)6-2/h5-14H,1,3H2,2,4H3. The van der Waals surface area contributed by atoms with E-state index in [0.29, 0.717) is 0 Å². The third-order valence-electron chi connectivity index (χ3n) is 3.63. The summed E-state index contributed by atoms with van der Waals surface area (Å²) >= 11 is 0. The van der Waals surface area contributed by atoms with Crippen LogP contribution in [0.15, 0.2) is 61.7 Å². The van der Waals surface area contributed by atoms with Crippen molar-refractivity contribution in [1.82, 2.24) is 0 Å². The molecule has 0 N–H and O–H groups in total. The van der Waals surface area contributed by atoms with Crippen LogP contribution in [0.25, 0.3) is 23.3 Å². The second-order valence-electron chi connectivity index (χ2n) is 4.77. The van der Waals surface area contributed by atoms with E-state index in [9.17, 15) is 0 Å². The van der Waals surface area contributed by atoms with E-state index in [4.69, 9.17) is 0 Å². The van der Waals surface area contributed by atoms with Crippen molar-refractivity contribution >= 4 is 23.3 Å². The summed E-state index contributed by atoms with van der Waals surface area (Å²) in [4.78, 5) is 0. The zero-order valence-corrected chi connectivity index (χ0v) is 12.2. The Kier molecular flexibility index (Phi) is 4.37. The highest BCUT2D eigenvalue weighted by Gasteiger charge is 2.05. The van der Waals surface area contributed by atoms with Gasteiger partial charge >= 0.3 is 0 Å². The van der Waals surface area contributed by atoms with Gasteiger partial charge in [-0.3, -0.25) is 0 Å². The van der Waals surface area contributed by atoms with E-state index in [1.165, 1.54) is 16.0 Å². The Bertz CT molecular complexity index is 761. The molecule has 0 saturated heterocycles. The molecular formula is C20H20. The summed E-state index contributed by atoms with van der Waals surface area (Å²) in [5.74, 6) is 0. The highest BCUT2D eigenvalue weighted by atomic mass is 14.1. The van der Waals surface area contributed by atoms with Crippen LogP contribution in [0.4, 0.5) is 0 Å². The first kappa shape index (κ1) is 14.1. The molecule has 0 bridgehead atoms. The summed E-state index contributed by atoms with van der Waals surface area (Å²) in [7, 11) is 0. The topological polar surface area (TPSA) is 0 Å². The summed E-state index contributed by atoms with van der Waals surface area (Å²) in [5, 5.41) is 2.47. The van der Waals surface area contributed by atoms with Gasteiger partial charge in [0.15, 0.2) is 0 Å². The van der Waals surface area contributed by atoms with Gasteiger partial charge in [0.1, 0.15) is 0 Å². The Morgan fingerprint density at radius 3 is 2.35 bits per heavy atom. The van der Waals surface area contributed by atoms with Crippen molar-refractivity contribution in [3.8, 4) is 0 Å². The molecule has 0 fully saturated rings. The third-order valence-corrected chi connectivity index (χ3v) is 3.63. The highest BCUT2D eigenvalue weighted by molar-refractivity contribution is 5.97. The molecule has 2 rings (SSSR count). The van der Waals surface area contributed by atoms with E-state index in [-0.39, 0.29) is 0 Å². The van der Waals surface area contributed by atoms with Crippen LogP contribution in [0.2, 0.25) is 0 Å². The Hall–Kier alpha value is -2.34. The van der Waals surface area contributed by atoms with Gasteiger partial charge < -0.3 is 0 Å². The minimum Gasteiger partial charge on any atom is -0.0984 e. The molecule has 100 valence electrons. The van der Waals surface area contributed by atoms with E-state index in [1.54, 1.807) is 0 Å². The fourth-order valence-electron chi connectivity index (χ4n) is 2.40. The molecule has 0 aliphatic rings. The molecule has 2 aromatic rings. The predicted molar refractivity (Wildman–Crippen MR) is 90.5 cm³/mol. The maximum absolute atomic E-state index is 4.29. The fourth-order valence-corrected chi connectivity index (χ4v) is 2.40. The van der Waals surface area contributed by atoms with Crippen molar-refractivity contribution in [3.05, 3.63) is 83.3 Å². The van der Waals surface area contributed by atoms with Gasteiger partial charge in [0.05, 0.1) is 0 Å². The lowest BCUT2D eigenvalue weighted by Gasteiger charge is -2.10. The largest absolute Gasteiger partial charge is 0.0984 e. The zero-order chi connectivity index (χ0) is 14.5. The van der Waals surface area contributed by atoms with Gasteiger partial charge in [-0.15, -0.1) is 0 Å². The van der Waals surface area contributed by atoms with Crippen molar-refractivity contribution in [2.75, 3.05) is 0 Å². The van der Waals surface area contributed by atoms with Crippen molar-refractivity contribution in [3.63, 3.8) is 0 Å². The monoisotopic (exact) mass is 260 g/mol. The van der Waals surface area contributed by atoms with Crippen LogP contribution in [-0.2, 0) is 0 Å². The Labute approximate surface area is 121 Å². The number of benzene rings is 2. The first-order valence-electron chi connectivity index (χ1n) is 6.82. The highest BCUT2D eigenvalue weighted by Crippen LogP contribution is 2.24. The Balaban J connectivity index is 2.67. The molecule has 20 heavy (non-hydrogen) atoms. The minimum absolute atomic E-state index is 1.05. The Morgan fingerprint density at radius 2 is 1.65 bits per heavy atom. The maximum atomic E-state index is 4.29. The van der Waals surface area contributed by atoms with Crippen molar-refractivity contribution < 1.29 is 0 Å². The first-order chi connectivity index (χ1) is 9.69. The molecule has 0 unspecified atom stereocenters. The summed E-state index contributed by atoms with van der Waals surface area (Å²) in [6, 6.07) is 16.6. The fraction of sp³-hybridized carbons (Fsp3) is 0.100. The quantitative estimate of drug-likeness (QED) is 0.782. The molecule has 0 nitrogen and oxygen atoms in total. The lowest BCUT2D eigenvalue weighted by Crippen LogP contribution is -2.25. The first-order valence-corrected chi connectivity index (χ1v) is 6.82. The molecule has 0 aliphatic carbocycles. The summed E-state index contributed by atoms with van der Waals surface area (Å²) in [6.07, 6.45) is 4.01. The van der Waals surface area contributed by atoms with E-state index in [0.717, 1.165) is 16.7 Å². The normalized spacial score (nSPS) is 13.0. The second kappa shape index (κ2) is 6.21. The van der Waals surface area contributed by atoms with Crippen LogP contribution >= 0.6 is 0 Å². The molecule has 0 aliphatic heterocycles. The molecule has 2 aromatic carbocycles. The second-order valence-corrected chi connectivity index (χ2v) is 4.77. The molecule has 0 heteroatoms. The van der Waals surface area contributed by atoms with E-state index in [2.05, 4.69) is 69.5 Å². The van der Waals surface area contributed by atoms with Crippen LogP contribution < -0.4 is 10.4 Å². The van der Waals surface area contributed by atoms with Crippen LogP contribution in [0.1, 0.15) is 25.0 Å². The summed E-state index contributed by atoms with van der Waals surface area (Å²) in [5.41, 5.74) is 4.52. The van der Waals surface area contributed by atoms with Crippen molar-refractivity contribution in [2.45, 2.75) is 13.8 Å². The predicted octanol–water partition coefficient (Wildman–Crippen LogP) is 4.01. The van der Waals surface area contributed by atoms with Gasteiger partial charge in [-0.05, 0) is 46.6 Å². The van der Waals surface area contributed by atoms with Gasteiger partial charge in [0.2, 0.25) is 0 Å². The molecule has 0 aromatic heterocycles. The zero-order valence-electron chi connectivity index (χ0n) is 12.2.